The number of carboxylic acid groups (broad SMARTS) is 1. The average Bonchev–Trinajstić information content (AvgIpc) is 3.06. The zero-order chi connectivity index (χ0) is 15.7. The summed E-state index contributed by atoms with van der Waals surface area (Å²) in [7, 11) is 0. The molecule has 3 rings (SSSR count). The minimum atomic E-state index is -0.824. The standard InChI is InChI=1S/C16H16ClNO3S/c17-10-4-5-14-12(7-10)9(8-22-14)6-15(19)18-13-3-1-2-11(13)16(20)21/h4-5,7-8,11,13H,1-3,6H2,(H,18,19)(H,20,21)/t11-,13+/m1/s1. The fourth-order valence-corrected chi connectivity index (χ4v) is 4.17. The number of rotatable bonds is 4. The monoisotopic (exact) mass is 337 g/mol. The van der Waals surface area contributed by atoms with E-state index in [1.807, 2.05) is 23.6 Å². The molecule has 0 radical (unpaired) electrons. The molecular weight excluding hydrogens is 322 g/mol. The molecule has 116 valence electrons. The number of carbonyl (C=O) groups excluding carboxylic acids is 1. The second kappa shape index (κ2) is 6.26. The predicted octanol–water partition coefficient (Wildman–Crippen LogP) is 3.47. The third kappa shape index (κ3) is 3.10. The zero-order valence-corrected chi connectivity index (χ0v) is 13.4. The topological polar surface area (TPSA) is 66.4 Å². The third-order valence-corrected chi connectivity index (χ3v) is 5.39. The first kappa shape index (κ1) is 15.3. The van der Waals surface area contributed by atoms with Crippen LogP contribution in [-0.4, -0.2) is 23.0 Å². The largest absolute Gasteiger partial charge is 0.481 e. The van der Waals surface area contributed by atoms with Crippen molar-refractivity contribution in [2.24, 2.45) is 5.92 Å². The molecule has 0 saturated heterocycles. The van der Waals surface area contributed by atoms with Gasteiger partial charge in [-0.15, -0.1) is 11.3 Å². The number of amides is 1. The van der Waals surface area contributed by atoms with Crippen LogP contribution in [0.2, 0.25) is 5.02 Å². The highest BCUT2D eigenvalue weighted by molar-refractivity contribution is 7.17. The molecule has 0 aliphatic heterocycles. The molecule has 1 aliphatic carbocycles. The van der Waals surface area contributed by atoms with Crippen LogP contribution in [-0.2, 0) is 16.0 Å². The number of hydrogen-bond acceptors (Lipinski definition) is 3. The molecule has 1 heterocycles. The van der Waals surface area contributed by atoms with Gasteiger partial charge in [-0.2, -0.15) is 0 Å². The molecule has 1 saturated carbocycles. The van der Waals surface area contributed by atoms with Gasteiger partial charge < -0.3 is 10.4 Å². The number of fused-ring (bicyclic) bond motifs is 1. The van der Waals surface area contributed by atoms with E-state index in [0.29, 0.717) is 11.4 Å². The van der Waals surface area contributed by atoms with Crippen LogP contribution >= 0.6 is 22.9 Å². The van der Waals surface area contributed by atoms with Gasteiger partial charge in [-0.3, -0.25) is 9.59 Å². The third-order valence-electron chi connectivity index (χ3n) is 4.15. The van der Waals surface area contributed by atoms with E-state index in [0.717, 1.165) is 28.5 Å². The van der Waals surface area contributed by atoms with Crippen LogP contribution < -0.4 is 5.32 Å². The number of nitrogens with one attached hydrogen (secondary N) is 1. The van der Waals surface area contributed by atoms with Gasteiger partial charge in [0.2, 0.25) is 5.91 Å². The van der Waals surface area contributed by atoms with Gasteiger partial charge in [0.25, 0.3) is 0 Å². The lowest BCUT2D eigenvalue weighted by atomic mass is 10.0. The van der Waals surface area contributed by atoms with Crippen molar-refractivity contribution < 1.29 is 14.7 Å². The smallest absolute Gasteiger partial charge is 0.308 e. The quantitative estimate of drug-likeness (QED) is 0.897. The van der Waals surface area contributed by atoms with Gasteiger partial charge in [-0.25, -0.2) is 0 Å². The van der Waals surface area contributed by atoms with Crippen LogP contribution in [0.3, 0.4) is 0 Å². The fraction of sp³-hybridized carbons (Fsp3) is 0.375. The minimum Gasteiger partial charge on any atom is -0.481 e. The molecule has 22 heavy (non-hydrogen) atoms. The first-order chi connectivity index (χ1) is 10.5. The summed E-state index contributed by atoms with van der Waals surface area (Å²) in [4.78, 5) is 23.4. The maximum atomic E-state index is 12.2. The van der Waals surface area contributed by atoms with E-state index in [1.54, 1.807) is 11.3 Å². The Labute approximate surface area is 137 Å². The molecular formula is C16H16ClNO3S. The van der Waals surface area contributed by atoms with Gasteiger partial charge in [0, 0.05) is 15.8 Å². The number of carbonyl (C=O) groups is 2. The Morgan fingerprint density at radius 1 is 1.36 bits per heavy atom. The van der Waals surface area contributed by atoms with E-state index in [-0.39, 0.29) is 18.4 Å². The summed E-state index contributed by atoms with van der Waals surface area (Å²) >= 11 is 7.59. The summed E-state index contributed by atoms with van der Waals surface area (Å²) in [6, 6.07) is 5.39. The van der Waals surface area contributed by atoms with Crippen LogP contribution in [0.5, 0.6) is 0 Å². The zero-order valence-electron chi connectivity index (χ0n) is 11.8. The summed E-state index contributed by atoms with van der Waals surface area (Å²) in [5.74, 6) is -1.41. The maximum Gasteiger partial charge on any atom is 0.308 e. The molecule has 2 N–H and O–H groups in total. The van der Waals surface area contributed by atoms with Crippen LogP contribution in [0.4, 0.5) is 0 Å². The molecule has 0 unspecified atom stereocenters. The number of halogens is 1. The number of benzene rings is 1. The van der Waals surface area contributed by atoms with Gasteiger partial charge in [-0.05, 0) is 47.4 Å². The Morgan fingerprint density at radius 2 is 2.18 bits per heavy atom. The number of hydrogen-bond donors (Lipinski definition) is 2. The van der Waals surface area contributed by atoms with E-state index >= 15 is 0 Å². The molecule has 1 fully saturated rings. The molecule has 1 aromatic heterocycles. The molecule has 1 aromatic carbocycles. The van der Waals surface area contributed by atoms with E-state index in [2.05, 4.69) is 5.32 Å². The maximum absolute atomic E-state index is 12.2. The lowest BCUT2D eigenvalue weighted by Gasteiger charge is -2.17. The molecule has 1 amide bonds. The Kier molecular flexibility index (Phi) is 4.36. The van der Waals surface area contributed by atoms with Crippen molar-refractivity contribution in [1.82, 2.24) is 5.32 Å². The summed E-state index contributed by atoms with van der Waals surface area (Å²) < 4.78 is 1.09. The van der Waals surface area contributed by atoms with Gasteiger partial charge in [0.1, 0.15) is 0 Å². The molecule has 0 bridgehead atoms. The summed E-state index contributed by atoms with van der Waals surface area (Å²) in [5.41, 5.74) is 0.935. The van der Waals surface area contributed by atoms with Gasteiger partial charge in [0.05, 0.1) is 12.3 Å². The highest BCUT2D eigenvalue weighted by atomic mass is 35.5. The highest BCUT2D eigenvalue weighted by Crippen LogP contribution is 2.29. The lowest BCUT2D eigenvalue weighted by Crippen LogP contribution is -2.40. The van der Waals surface area contributed by atoms with Crippen molar-refractivity contribution in [3.8, 4) is 0 Å². The van der Waals surface area contributed by atoms with Crippen molar-refractivity contribution in [2.45, 2.75) is 31.7 Å². The van der Waals surface area contributed by atoms with Crippen molar-refractivity contribution >= 4 is 44.9 Å². The van der Waals surface area contributed by atoms with Crippen molar-refractivity contribution in [3.63, 3.8) is 0 Å². The van der Waals surface area contributed by atoms with E-state index in [1.165, 1.54) is 0 Å². The molecule has 4 nitrogen and oxygen atoms in total. The van der Waals surface area contributed by atoms with Gasteiger partial charge in [0.15, 0.2) is 0 Å². The fourth-order valence-electron chi connectivity index (χ4n) is 3.05. The summed E-state index contributed by atoms with van der Waals surface area (Å²) in [5, 5.41) is 15.6. The predicted molar refractivity (Wildman–Crippen MR) is 87.4 cm³/mol. The lowest BCUT2D eigenvalue weighted by molar-refractivity contribution is -0.142. The molecule has 2 atom stereocenters. The van der Waals surface area contributed by atoms with E-state index in [4.69, 9.17) is 16.7 Å². The Balaban J connectivity index is 1.71. The summed E-state index contributed by atoms with van der Waals surface area (Å²) in [6.45, 7) is 0. The van der Waals surface area contributed by atoms with E-state index < -0.39 is 11.9 Å². The van der Waals surface area contributed by atoms with Crippen LogP contribution in [0, 0.1) is 5.92 Å². The Hall–Kier alpha value is -1.59. The van der Waals surface area contributed by atoms with Crippen LogP contribution in [0.1, 0.15) is 24.8 Å². The number of carboxylic acids is 1. The first-order valence-corrected chi connectivity index (χ1v) is 8.48. The molecule has 6 heteroatoms. The van der Waals surface area contributed by atoms with Gasteiger partial charge in [-0.1, -0.05) is 18.0 Å². The highest BCUT2D eigenvalue weighted by Gasteiger charge is 2.33. The number of aliphatic carboxylic acids is 1. The minimum absolute atomic E-state index is 0.127. The number of thiophene rings is 1. The van der Waals surface area contributed by atoms with Crippen molar-refractivity contribution in [1.29, 1.82) is 0 Å². The molecule has 1 aliphatic rings. The normalized spacial score (nSPS) is 21.1. The molecule has 0 spiro atoms. The van der Waals surface area contributed by atoms with Crippen LogP contribution in [0.25, 0.3) is 10.1 Å². The van der Waals surface area contributed by atoms with Crippen LogP contribution in [0.15, 0.2) is 23.6 Å². The Morgan fingerprint density at radius 3 is 2.95 bits per heavy atom. The van der Waals surface area contributed by atoms with Crippen molar-refractivity contribution in [3.05, 3.63) is 34.2 Å². The molecule has 2 aromatic rings. The van der Waals surface area contributed by atoms with Crippen molar-refractivity contribution in [2.75, 3.05) is 0 Å². The summed E-state index contributed by atoms with van der Waals surface area (Å²) in [6.07, 6.45) is 2.47. The first-order valence-electron chi connectivity index (χ1n) is 7.22. The SMILES string of the molecule is O=C(Cc1csc2ccc(Cl)cc12)N[C@H]1CCC[C@H]1C(=O)O. The van der Waals surface area contributed by atoms with Gasteiger partial charge >= 0.3 is 5.97 Å². The Bertz CT molecular complexity index is 727. The second-order valence-corrected chi connectivity index (χ2v) is 6.98. The average molecular weight is 338 g/mol. The van der Waals surface area contributed by atoms with E-state index in [9.17, 15) is 9.59 Å². The second-order valence-electron chi connectivity index (χ2n) is 5.63.